The van der Waals surface area contributed by atoms with Gasteiger partial charge in [0.1, 0.15) is 17.7 Å². The van der Waals surface area contributed by atoms with Gasteiger partial charge in [0.15, 0.2) is 0 Å². The first-order valence-electron chi connectivity index (χ1n) is 14.1. The predicted molar refractivity (Wildman–Crippen MR) is 166 cm³/mol. The molecule has 2 unspecified atom stereocenters. The number of carbonyl (C=O) groups excluding carboxylic acids is 3. The van der Waals surface area contributed by atoms with E-state index in [4.69, 9.17) is 4.74 Å². The number of para-hydroxylation sites is 1. The van der Waals surface area contributed by atoms with Crippen molar-refractivity contribution in [2.45, 2.75) is 98.8 Å². The quantitative estimate of drug-likeness (QED) is 0.193. The van der Waals surface area contributed by atoms with Crippen LogP contribution in [0.15, 0.2) is 36.4 Å². The maximum atomic E-state index is 14.1. The number of unbranched alkanes of at least 4 members (excludes halogenated alkanes) is 3. The fourth-order valence-corrected chi connectivity index (χ4v) is 4.77. The monoisotopic (exact) mass is 569 g/mol. The molecule has 2 N–H and O–H groups in total. The van der Waals surface area contributed by atoms with Crippen LogP contribution in [-0.2, 0) is 14.3 Å². The number of hydrogen-bond donors (Lipinski definition) is 3. The average molecular weight is 570 g/mol. The molecule has 0 spiro atoms. The predicted octanol–water partition coefficient (Wildman–Crippen LogP) is 6.83. The van der Waals surface area contributed by atoms with Crippen molar-refractivity contribution in [1.82, 2.24) is 10.2 Å². The van der Waals surface area contributed by atoms with Gasteiger partial charge >= 0.3 is 6.09 Å². The third-order valence-corrected chi connectivity index (χ3v) is 7.21. The summed E-state index contributed by atoms with van der Waals surface area (Å²) in [6.45, 7) is 15.7. The number of benzene rings is 2. The van der Waals surface area contributed by atoms with Crippen LogP contribution >= 0.6 is 12.6 Å². The van der Waals surface area contributed by atoms with Crippen molar-refractivity contribution >= 4 is 36.2 Å². The summed E-state index contributed by atoms with van der Waals surface area (Å²) in [6.07, 6.45) is 3.01. The molecule has 0 heterocycles. The highest BCUT2D eigenvalue weighted by atomic mass is 32.1. The smallest absolute Gasteiger partial charge is 0.408 e. The number of amides is 3. The molecular weight excluding hydrogens is 522 g/mol. The maximum Gasteiger partial charge on any atom is 0.408 e. The van der Waals surface area contributed by atoms with E-state index in [1.165, 1.54) is 0 Å². The molecule has 0 radical (unpaired) electrons. The van der Waals surface area contributed by atoms with Gasteiger partial charge in [-0.05, 0) is 82.7 Å². The first-order valence-corrected chi connectivity index (χ1v) is 14.8. The second kappa shape index (κ2) is 15.1. The molecule has 2 rings (SSSR count). The van der Waals surface area contributed by atoms with Crippen molar-refractivity contribution in [1.29, 1.82) is 0 Å². The highest BCUT2D eigenvalue weighted by Gasteiger charge is 2.36. The molecule has 0 fully saturated rings. The molecule has 0 aromatic heterocycles. The number of thiol groups is 1. The highest BCUT2D eigenvalue weighted by Crippen LogP contribution is 2.29. The molecule has 0 aliphatic carbocycles. The van der Waals surface area contributed by atoms with Gasteiger partial charge in [0.05, 0.1) is 0 Å². The Bertz CT molecular complexity index is 1150. The Balaban J connectivity index is 2.56. The summed E-state index contributed by atoms with van der Waals surface area (Å²) in [6, 6.07) is 9.81. The lowest BCUT2D eigenvalue weighted by Crippen LogP contribution is -2.53. The number of alkyl carbamates (subject to hydrolysis) is 1. The summed E-state index contributed by atoms with van der Waals surface area (Å²) in [5, 5.41) is 5.79. The lowest BCUT2D eigenvalue weighted by molar-refractivity contribution is -0.140. The van der Waals surface area contributed by atoms with Crippen LogP contribution in [0.1, 0.15) is 87.2 Å². The average Bonchev–Trinajstić information content (AvgIpc) is 2.87. The summed E-state index contributed by atoms with van der Waals surface area (Å²) in [7, 11) is 0. The van der Waals surface area contributed by atoms with Crippen molar-refractivity contribution in [3.63, 3.8) is 0 Å². The summed E-state index contributed by atoms with van der Waals surface area (Å²) in [5.41, 5.74) is 4.72. The minimum atomic E-state index is -0.966. The second-order valence-corrected chi connectivity index (χ2v) is 11.8. The van der Waals surface area contributed by atoms with Gasteiger partial charge in [0.2, 0.25) is 5.91 Å². The first-order chi connectivity index (χ1) is 18.8. The minimum Gasteiger partial charge on any atom is -0.444 e. The van der Waals surface area contributed by atoms with Crippen LogP contribution in [-0.4, -0.2) is 46.7 Å². The summed E-state index contributed by atoms with van der Waals surface area (Å²) < 4.78 is 5.41. The second-order valence-electron chi connectivity index (χ2n) is 11.5. The van der Waals surface area contributed by atoms with Crippen molar-refractivity contribution < 1.29 is 19.1 Å². The third kappa shape index (κ3) is 9.58. The van der Waals surface area contributed by atoms with Crippen LogP contribution in [0.2, 0.25) is 0 Å². The van der Waals surface area contributed by atoms with Gasteiger partial charge in [0, 0.05) is 18.0 Å². The Labute approximate surface area is 245 Å². The summed E-state index contributed by atoms with van der Waals surface area (Å²) >= 11 is 4.39. The van der Waals surface area contributed by atoms with Gasteiger partial charge in [-0.15, -0.1) is 0 Å². The largest absolute Gasteiger partial charge is 0.444 e. The van der Waals surface area contributed by atoms with E-state index in [1.54, 1.807) is 25.7 Å². The van der Waals surface area contributed by atoms with E-state index in [0.29, 0.717) is 12.1 Å². The molecular formula is C32H47N3O4S. The van der Waals surface area contributed by atoms with Crippen molar-refractivity contribution in [2.24, 2.45) is 0 Å². The zero-order valence-electron chi connectivity index (χ0n) is 25.4. The molecule has 0 aliphatic rings. The van der Waals surface area contributed by atoms with Gasteiger partial charge in [-0.3, -0.25) is 9.59 Å². The number of aryl methyl sites for hydroxylation is 4. The van der Waals surface area contributed by atoms with Gasteiger partial charge < -0.3 is 20.3 Å². The lowest BCUT2D eigenvalue weighted by Gasteiger charge is -2.34. The molecule has 2 aromatic carbocycles. The summed E-state index contributed by atoms with van der Waals surface area (Å²) in [4.78, 5) is 42.5. The molecule has 2 atom stereocenters. The zero-order chi connectivity index (χ0) is 30.0. The van der Waals surface area contributed by atoms with E-state index in [9.17, 15) is 14.4 Å². The van der Waals surface area contributed by atoms with E-state index < -0.39 is 23.8 Å². The zero-order valence-corrected chi connectivity index (χ0v) is 26.3. The number of ether oxygens (including phenoxy) is 1. The number of carbonyl (C=O) groups is 3. The molecule has 2 aromatic rings. The molecule has 3 amide bonds. The Hall–Kier alpha value is -3.00. The van der Waals surface area contributed by atoms with Crippen LogP contribution in [0.5, 0.6) is 0 Å². The standard InChI is InChI=1S/C32H47N3O4S/c1-9-10-11-12-18-35(30(37)26(20-40)33-31(38)39-32(6,7)8)28(25-17-16-21(2)24(5)19-25)29(36)34-27-22(3)14-13-15-23(27)4/h13-17,19,26,28,40H,9-12,18,20H2,1-8H3,(H,33,38)(H,34,36). The van der Waals surface area contributed by atoms with Crippen molar-refractivity contribution in [3.05, 3.63) is 64.2 Å². The molecule has 220 valence electrons. The van der Waals surface area contributed by atoms with Crippen LogP contribution in [0.3, 0.4) is 0 Å². The Kier molecular flexibility index (Phi) is 12.6. The first kappa shape index (κ1) is 33.2. The molecule has 40 heavy (non-hydrogen) atoms. The van der Waals surface area contributed by atoms with Crippen LogP contribution in [0.25, 0.3) is 0 Å². The number of rotatable bonds is 12. The van der Waals surface area contributed by atoms with Gasteiger partial charge in [-0.25, -0.2) is 4.79 Å². The van der Waals surface area contributed by atoms with Crippen molar-refractivity contribution in [2.75, 3.05) is 17.6 Å². The Morgan fingerprint density at radius 1 is 0.925 bits per heavy atom. The maximum absolute atomic E-state index is 14.1. The fraction of sp³-hybridized carbons (Fsp3) is 0.531. The van der Waals surface area contributed by atoms with E-state index in [-0.39, 0.29) is 17.6 Å². The van der Waals surface area contributed by atoms with Gasteiger partial charge in [0.25, 0.3) is 5.91 Å². The molecule has 7 nitrogen and oxygen atoms in total. The number of hydrogen-bond acceptors (Lipinski definition) is 5. The molecule has 0 aliphatic heterocycles. The van der Waals surface area contributed by atoms with Crippen LogP contribution < -0.4 is 10.6 Å². The summed E-state index contributed by atoms with van der Waals surface area (Å²) in [5.74, 6) is -0.626. The molecule has 0 saturated carbocycles. The van der Waals surface area contributed by atoms with E-state index in [2.05, 4.69) is 30.2 Å². The van der Waals surface area contributed by atoms with Crippen molar-refractivity contribution in [3.8, 4) is 0 Å². The lowest BCUT2D eigenvalue weighted by atomic mass is 9.97. The molecule has 0 saturated heterocycles. The third-order valence-electron chi connectivity index (χ3n) is 6.84. The van der Waals surface area contributed by atoms with Gasteiger partial charge in [-0.2, -0.15) is 12.6 Å². The number of nitrogens with one attached hydrogen (secondary N) is 2. The van der Waals surface area contributed by atoms with Crippen LogP contribution in [0.4, 0.5) is 10.5 Å². The van der Waals surface area contributed by atoms with E-state index in [1.807, 2.05) is 64.1 Å². The highest BCUT2D eigenvalue weighted by molar-refractivity contribution is 7.80. The van der Waals surface area contributed by atoms with Crippen LogP contribution in [0, 0.1) is 27.7 Å². The number of nitrogens with zero attached hydrogens (tertiary/aromatic N) is 1. The SMILES string of the molecule is CCCCCCN(C(=O)C(CS)NC(=O)OC(C)(C)C)C(C(=O)Nc1c(C)cccc1C)c1ccc(C)c(C)c1. The Morgan fingerprint density at radius 3 is 2.12 bits per heavy atom. The fourth-order valence-electron chi connectivity index (χ4n) is 4.52. The molecule has 0 bridgehead atoms. The number of anilines is 1. The molecule has 8 heteroatoms. The minimum absolute atomic E-state index is 0.0572. The topological polar surface area (TPSA) is 87.7 Å². The Morgan fingerprint density at radius 2 is 1.57 bits per heavy atom. The van der Waals surface area contributed by atoms with E-state index >= 15 is 0 Å². The van der Waals surface area contributed by atoms with E-state index in [0.717, 1.165) is 53.6 Å². The van der Waals surface area contributed by atoms with Gasteiger partial charge in [-0.1, -0.05) is 62.6 Å². The normalized spacial score (nSPS) is 12.8.